The molecule has 0 radical (unpaired) electrons. The summed E-state index contributed by atoms with van der Waals surface area (Å²) < 4.78 is 11.0. The largest absolute Gasteiger partial charge is 0.463 e. The maximum absolute atomic E-state index is 12.7. The summed E-state index contributed by atoms with van der Waals surface area (Å²) in [5.41, 5.74) is 3.56. The monoisotopic (exact) mass is 418 g/mol. The average Bonchev–Trinajstić information content (AvgIpc) is 3.51. The number of thioether (sulfide) groups is 1. The number of hydrogen-bond donors (Lipinski definition) is 0. The van der Waals surface area contributed by atoms with Gasteiger partial charge in [0.15, 0.2) is 17.2 Å². The third-order valence-corrected chi connectivity index (χ3v) is 5.81. The summed E-state index contributed by atoms with van der Waals surface area (Å²) in [6, 6.07) is 15.4. The minimum atomic E-state index is 0.0627. The molecule has 0 aliphatic carbocycles. The van der Waals surface area contributed by atoms with Crippen LogP contribution in [0.15, 0.2) is 75.0 Å². The van der Waals surface area contributed by atoms with Gasteiger partial charge in [-0.25, -0.2) is 4.98 Å². The van der Waals surface area contributed by atoms with Gasteiger partial charge in [0.2, 0.25) is 11.1 Å². The quantitative estimate of drug-likeness (QED) is 0.452. The number of fused-ring (bicyclic) bond motifs is 1. The van der Waals surface area contributed by atoms with Gasteiger partial charge in [-0.1, -0.05) is 36.0 Å². The van der Waals surface area contributed by atoms with Crippen molar-refractivity contribution in [2.75, 3.05) is 12.3 Å². The minimum absolute atomic E-state index is 0.0627. The van der Waals surface area contributed by atoms with E-state index in [0.29, 0.717) is 34.6 Å². The molecule has 0 unspecified atom stereocenters. The number of aromatic nitrogens is 3. The third-order valence-electron chi connectivity index (χ3n) is 4.98. The number of rotatable bonds is 5. The van der Waals surface area contributed by atoms with Gasteiger partial charge in [-0.3, -0.25) is 4.79 Å². The molecule has 8 heteroatoms. The van der Waals surface area contributed by atoms with Gasteiger partial charge in [-0.05, 0) is 41.8 Å². The maximum atomic E-state index is 12.7. The standard InChI is InChI=1S/C22H18N4O3S/c27-19(26-10-9-15-5-1-2-6-16(15)13-26)14-30-22-23-20(17-7-3-11-28-17)21(24-25-22)18-8-4-12-29-18/h1-8,11-12H,9-10,13-14H2. The van der Waals surface area contributed by atoms with Crippen molar-refractivity contribution in [1.82, 2.24) is 20.1 Å². The Morgan fingerprint density at radius 1 is 0.933 bits per heavy atom. The molecule has 1 aliphatic rings. The predicted molar refractivity (Wildman–Crippen MR) is 112 cm³/mol. The number of nitrogens with zero attached hydrogens (tertiary/aromatic N) is 4. The smallest absolute Gasteiger partial charge is 0.233 e. The number of amides is 1. The van der Waals surface area contributed by atoms with Crippen LogP contribution in [0.1, 0.15) is 11.1 Å². The van der Waals surface area contributed by atoms with Crippen molar-refractivity contribution < 1.29 is 13.6 Å². The number of carbonyl (C=O) groups is 1. The maximum Gasteiger partial charge on any atom is 0.233 e. The number of carbonyl (C=O) groups excluding carboxylic acids is 1. The number of benzene rings is 1. The van der Waals surface area contributed by atoms with E-state index in [0.717, 1.165) is 13.0 Å². The van der Waals surface area contributed by atoms with E-state index in [4.69, 9.17) is 8.83 Å². The summed E-state index contributed by atoms with van der Waals surface area (Å²) in [4.78, 5) is 19.2. The molecule has 0 spiro atoms. The van der Waals surface area contributed by atoms with Crippen molar-refractivity contribution in [3.05, 3.63) is 72.2 Å². The van der Waals surface area contributed by atoms with Gasteiger partial charge in [0.1, 0.15) is 5.69 Å². The Kier molecular flexibility index (Phi) is 5.06. The van der Waals surface area contributed by atoms with E-state index in [2.05, 4.69) is 27.3 Å². The second-order valence-electron chi connectivity index (χ2n) is 6.87. The first-order valence-electron chi connectivity index (χ1n) is 9.58. The van der Waals surface area contributed by atoms with Crippen molar-refractivity contribution in [2.45, 2.75) is 18.1 Å². The molecular weight excluding hydrogens is 400 g/mol. The molecule has 0 bridgehead atoms. The molecular formula is C22H18N4O3S. The Balaban J connectivity index is 1.32. The lowest BCUT2D eigenvalue weighted by molar-refractivity contribution is -0.129. The molecule has 1 amide bonds. The van der Waals surface area contributed by atoms with Crippen LogP contribution in [0.3, 0.4) is 0 Å². The van der Waals surface area contributed by atoms with E-state index in [1.54, 1.807) is 36.8 Å². The van der Waals surface area contributed by atoms with Gasteiger partial charge in [-0.2, -0.15) is 0 Å². The Labute approximate surface area is 177 Å². The van der Waals surface area contributed by atoms with Gasteiger partial charge in [0, 0.05) is 13.1 Å². The summed E-state index contributed by atoms with van der Waals surface area (Å²) in [6.07, 6.45) is 4.03. The first-order chi connectivity index (χ1) is 14.8. The summed E-state index contributed by atoms with van der Waals surface area (Å²) in [7, 11) is 0. The molecule has 4 aromatic rings. The molecule has 3 aromatic heterocycles. The fourth-order valence-corrected chi connectivity index (χ4v) is 4.15. The molecule has 1 aromatic carbocycles. The normalized spacial score (nSPS) is 13.3. The van der Waals surface area contributed by atoms with Crippen LogP contribution in [0.5, 0.6) is 0 Å². The van der Waals surface area contributed by atoms with Gasteiger partial charge in [0.05, 0.1) is 18.3 Å². The first kappa shape index (κ1) is 18.6. The second kappa shape index (κ2) is 8.16. The summed E-state index contributed by atoms with van der Waals surface area (Å²) in [5.74, 6) is 1.44. The highest BCUT2D eigenvalue weighted by Crippen LogP contribution is 2.30. The van der Waals surface area contributed by atoms with E-state index < -0.39 is 0 Å². The number of hydrogen-bond acceptors (Lipinski definition) is 7. The Morgan fingerprint density at radius 3 is 2.40 bits per heavy atom. The molecule has 7 nitrogen and oxygen atoms in total. The Hall–Kier alpha value is -3.39. The lowest BCUT2D eigenvalue weighted by atomic mass is 10.00. The predicted octanol–water partition coefficient (Wildman–Crippen LogP) is 4.07. The van der Waals surface area contributed by atoms with E-state index in [1.165, 1.54) is 22.9 Å². The zero-order valence-electron chi connectivity index (χ0n) is 16.0. The summed E-state index contributed by atoms with van der Waals surface area (Å²) in [6.45, 7) is 1.37. The van der Waals surface area contributed by atoms with Crippen LogP contribution in [0.4, 0.5) is 0 Å². The molecule has 0 N–H and O–H groups in total. The van der Waals surface area contributed by atoms with Crippen LogP contribution in [0, 0.1) is 0 Å². The van der Waals surface area contributed by atoms with Crippen molar-refractivity contribution in [3.8, 4) is 22.9 Å². The zero-order valence-corrected chi connectivity index (χ0v) is 16.8. The Bertz CT molecular complexity index is 1160. The van der Waals surface area contributed by atoms with Crippen LogP contribution >= 0.6 is 11.8 Å². The van der Waals surface area contributed by atoms with E-state index >= 15 is 0 Å². The highest BCUT2D eigenvalue weighted by Gasteiger charge is 2.22. The van der Waals surface area contributed by atoms with E-state index in [1.807, 2.05) is 17.0 Å². The van der Waals surface area contributed by atoms with Crippen molar-refractivity contribution in [1.29, 1.82) is 0 Å². The molecule has 0 atom stereocenters. The second-order valence-corrected chi connectivity index (χ2v) is 7.81. The first-order valence-corrected chi connectivity index (χ1v) is 10.6. The van der Waals surface area contributed by atoms with Gasteiger partial charge in [-0.15, -0.1) is 10.2 Å². The fourth-order valence-electron chi connectivity index (χ4n) is 3.46. The van der Waals surface area contributed by atoms with Crippen LogP contribution in [0.2, 0.25) is 0 Å². The fraction of sp³-hybridized carbons (Fsp3) is 0.182. The molecule has 30 heavy (non-hydrogen) atoms. The van der Waals surface area contributed by atoms with Gasteiger partial charge < -0.3 is 13.7 Å². The molecule has 1 aliphatic heterocycles. The highest BCUT2D eigenvalue weighted by molar-refractivity contribution is 7.99. The van der Waals surface area contributed by atoms with Crippen LogP contribution in [-0.4, -0.2) is 38.3 Å². The van der Waals surface area contributed by atoms with E-state index in [9.17, 15) is 4.79 Å². The summed E-state index contributed by atoms with van der Waals surface area (Å²) in [5, 5.41) is 8.89. The highest BCUT2D eigenvalue weighted by atomic mass is 32.2. The van der Waals surface area contributed by atoms with Crippen LogP contribution in [0.25, 0.3) is 22.9 Å². The lowest BCUT2D eigenvalue weighted by Crippen LogP contribution is -2.37. The van der Waals surface area contributed by atoms with Gasteiger partial charge >= 0.3 is 0 Å². The molecule has 0 saturated carbocycles. The molecule has 0 fully saturated rings. The van der Waals surface area contributed by atoms with Crippen molar-refractivity contribution in [3.63, 3.8) is 0 Å². The summed E-state index contributed by atoms with van der Waals surface area (Å²) >= 11 is 1.27. The average molecular weight is 418 g/mol. The third kappa shape index (κ3) is 3.73. The van der Waals surface area contributed by atoms with E-state index in [-0.39, 0.29) is 11.7 Å². The van der Waals surface area contributed by atoms with Crippen LogP contribution < -0.4 is 0 Å². The molecule has 150 valence electrons. The van der Waals surface area contributed by atoms with Gasteiger partial charge in [0.25, 0.3) is 0 Å². The lowest BCUT2D eigenvalue weighted by Gasteiger charge is -2.28. The van der Waals surface area contributed by atoms with Crippen molar-refractivity contribution in [2.24, 2.45) is 0 Å². The van der Waals surface area contributed by atoms with Crippen molar-refractivity contribution >= 4 is 17.7 Å². The SMILES string of the molecule is O=C(CSc1nnc(-c2ccco2)c(-c2ccco2)n1)N1CCc2ccccc2C1. The zero-order chi connectivity index (χ0) is 20.3. The Morgan fingerprint density at radius 2 is 1.67 bits per heavy atom. The molecule has 4 heterocycles. The van der Waals surface area contributed by atoms with Crippen LogP contribution in [-0.2, 0) is 17.8 Å². The molecule has 0 saturated heterocycles. The number of furan rings is 2. The molecule has 5 rings (SSSR count). The minimum Gasteiger partial charge on any atom is -0.463 e. The topological polar surface area (TPSA) is 85.3 Å².